The normalized spacial score (nSPS) is 15.8. The van der Waals surface area contributed by atoms with Crippen molar-refractivity contribution in [1.29, 1.82) is 0 Å². The lowest BCUT2D eigenvalue weighted by molar-refractivity contribution is -0.138. The number of rotatable bonds is 8. The summed E-state index contributed by atoms with van der Waals surface area (Å²) in [4.78, 5) is 27.7. The zero-order valence-electron chi connectivity index (χ0n) is 19.6. The monoisotopic (exact) mass is 458 g/mol. The molecule has 176 valence electrons. The van der Waals surface area contributed by atoms with Crippen LogP contribution in [0.15, 0.2) is 78.9 Å². The zero-order valence-corrected chi connectivity index (χ0v) is 19.6. The van der Waals surface area contributed by atoms with Crippen LogP contribution in [-0.4, -0.2) is 43.6 Å². The summed E-state index contributed by atoms with van der Waals surface area (Å²) in [7, 11) is 3.01. The molecule has 1 N–H and O–H groups in total. The number of hydrogen-bond acceptors (Lipinski definition) is 5. The highest BCUT2D eigenvalue weighted by molar-refractivity contribution is 5.89. The minimum Gasteiger partial charge on any atom is -0.465 e. The van der Waals surface area contributed by atoms with Crippen LogP contribution in [0.5, 0.6) is 0 Å². The van der Waals surface area contributed by atoms with Gasteiger partial charge in [-0.3, -0.25) is 4.79 Å². The van der Waals surface area contributed by atoms with Crippen LogP contribution in [0.25, 0.3) is 0 Å². The highest BCUT2D eigenvalue weighted by Crippen LogP contribution is 2.27. The van der Waals surface area contributed by atoms with Gasteiger partial charge >= 0.3 is 5.97 Å². The number of fused-ring (bicyclic) bond motifs is 1. The lowest BCUT2D eigenvalue weighted by Crippen LogP contribution is -2.50. The summed E-state index contributed by atoms with van der Waals surface area (Å²) >= 11 is 0. The number of ether oxygens (including phenoxy) is 2. The third kappa shape index (κ3) is 5.35. The fourth-order valence-electron chi connectivity index (χ4n) is 4.43. The van der Waals surface area contributed by atoms with Crippen molar-refractivity contribution in [3.8, 4) is 0 Å². The number of benzene rings is 3. The van der Waals surface area contributed by atoms with Crippen molar-refractivity contribution in [3.05, 3.63) is 107 Å². The van der Waals surface area contributed by atoms with Crippen LogP contribution in [0.1, 0.15) is 38.7 Å². The molecule has 3 aromatic rings. The first-order valence-corrected chi connectivity index (χ1v) is 11.4. The molecule has 6 heteroatoms. The second-order valence-corrected chi connectivity index (χ2v) is 8.44. The molecule has 0 bridgehead atoms. The van der Waals surface area contributed by atoms with E-state index in [2.05, 4.69) is 17.4 Å². The molecule has 0 aromatic heterocycles. The Morgan fingerprint density at radius 3 is 2.29 bits per heavy atom. The van der Waals surface area contributed by atoms with Crippen LogP contribution in [0.2, 0.25) is 0 Å². The van der Waals surface area contributed by atoms with Gasteiger partial charge in [0.15, 0.2) is 0 Å². The zero-order chi connectivity index (χ0) is 23.9. The molecule has 0 spiro atoms. The smallest absolute Gasteiger partial charge is 0.337 e. The largest absolute Gasteiger partial charge is 0.465 e. The number of carbonyl (C=O) groups is 2. The molecule has 2 atom stereocenters. The van der Waals surface area contributed by atoms with Gasteiger partial charge in [0.05, 0.1) is 31.4 Å². The predicted octanol–water partition coefficient (Wildman–Crippen LogP) is 3.90. The van der Waals surface area contributed by atoms with E-state index in [1.165, 1.54) is 18.2 Å². The van der Waals surface area contributed by atoms with Crippen molar-refractivity contribution < 1.29 is 19.1 Å². The third-order valence-corrected chi connectivity index (χ3v) is 6.28. The molecule has 1 heterocycles. The summed E-state index contributed by atoms with van der Waals surface area (Å²) in [6.07, 6.45) is 0.640. The van der Waals surface area contributed by atoms with Crippen molar-refractivity contribution in [2.24, 2.45) is 0 Å². The fraction of sp³-hybridized carbons (Fsp3) is 0.286. The molecule has 0 saturated heterocycles. The van der Waals surface area contributed by atoms with E-state index in [-0.39, 0.29) is 24.0 Å². The van der Waals surface area contributed by atoms with Gasteiger partial charge in [-0.1, -0.05) is 66.7 Å². The number of hydrogen-bond donors (Lipinski definition) is 1. The number of methoxy groups -OCH3 is 2. The maximum atomic E-state index is 14.0. The van der Waals surface area contributed by atoms with E-state index in [1.807, 2.05) is 59.5 Å². The Morgan fingerprint density at radius 1 is 0.941 bits per heavy atom. The topological polar surface area (TPSA) is 67.9 Å². The number of carbonyl (C=O) groups excluding carboxylic acids is 2. The molecule has 6 nitrogen and oxygen atoms in total. The molecular weight excluding hydrogens is 428 g/mol. The first kappa shape index (κ1) is 23.7. The molecule has 0 aliphatic carbocycles. The second-order valence-electron chi connectivity index (χ2n) is 8.44. The molecule has 4 rings (SSSR count). The van der Waals surface area contributed by atoms with Crippen LogP contribution in [-0.2, 0) is 33.8 Å². The van der Waals surface area contributed by atoms with Gasteiger partial charge in [0, 0.05) is 20.2 Å². The maximum absolute atomic E-state index is 14.0. The number of nitrogens with one attached hydrogen (secondary N) is 1. The molecule has 3 aromatic carbocycles. The molecule has 1 aliphatic heterocycles. The average molecular weight is 459 g/mol. The van der Waals surface area contributed by atoms with Crippen LogP contribution in [0.3, 0.4) is 0 Å². The van der Waals surface area contributed by atoms with E-state index >= 15 is 0 Å². The van der Waals surface area contributed by atoms with Crippen molar-refractivity contribution in [1.82, 2.24) is 10.2 Å². The molecule has 1 aliphatic rings. The van der Waals surface area contributed by atoms with Gasteiger partial charge in [0.2, 0.25) is 5.91 Å². The van der Waals surface area contributed by atoms with E-state index in [0.717, 1.165) is 11.1 Å². The van der Waals surface area contributed by atoms with E-state index in [4.69, 9.17) is 9.47 Å². The van der Waals surface area contributed by atoms with Crippen molar-refractivity contribution in [3.63, 3.8) is 0 Å². The van der Waals surface area contributed by atoms with Crippen LogP contribution >= 0.6 is 0 Å². The van der Waals surface area contributed by atoms with E-state index in [0.29, 0.717) is 31.7 Å². The average Bonchev–Trinajstić information content (AvgIpc) is 2.90. The second kappa shape index (κ2) is 11.1. The van der Waals surface area contributed by atoms with Gasteiger partial charge in [0.1, 0.15) is 0 Å². The lowest BCUT2D eigenvalue weighted by atomic mass is 9.94. The van der Waals surface area contributed by atoms with Crippen LogP contribution in [0, 0.1) is 0 Å². The SMILES string of the molecule is COC[C@@H](c1ccccc1)N(Cc1ccc(C(=O)OC)cc1)C(=O)[C@@H]1Cc2ccccc2CN1. The molecule has 0 fully saturated rings. The van der Waals surface area contributed by atoms with Gasteiger partial charge < -0.3 is 19.7 Å². The Bertz CT molecular complexity index is 1110. The Labute approximate surface area is 200 Å². The Morgan fingerprint density at radius 2 is 1.62 bits per heavy atom. The first-order chi connectivity index (χ1) is 16.6. The fourth-order valence-corrected chi connectivity index (χ4v) is 4.43. The summed E-state index contributed by atoms with van der Waals surface area (Å²) in [6, 6.07) is 24.8. The predicted molar refractivity (Wildman–Crippen MR) is 130 cm³/mol. The Hall–Kier alpha value is -3.48. The number of nitrogens with zero attached hydrogens (tertiary/aromatic N) is 1. The van der Waals surface area contributed by atoms with E-state index < -0.39 is 0 Å². The minimum atomic E-state index is -0.383. The lowest BCUT2D eigenvalue weighted by Gasteiger charge is -2.36. The summed E-state index contributed by atoms with van der Waals surface area (Å²) < 4.78 is 10.4. The standard InChI is InChI=1S/C28H30N2O4/c1-33-19-26(21-8-4-3-5-9-21)30(18-20-12-14-22(15-13-20)28(32)34-2)27(31)25-16-23-10-6-7-11-24(23)17-29-25/h3-15,25-26,29H,16-19H2,1-2H3/t25-,26-/m0/s1. The molecule has 0 radical (unpaired) electrons. The summed E-state index contributed by atoms with van der Waals surface area (Å²) in [6.45, 7) is 1.43. The van der Waals surface area contributed by atoms with Crippen LogP contribution in [0.4, 0.5) is 0 Å². The summed E-state index contributed by atoms with van der Waals surface area (Å²) in [5.41, 5.74) is 4.85. The third-order valence-electron chi connectivity index (χ3n) is 6.28. The van der Waals surface area contributed by atoms with Crippen molar-refractivity contribution >= 4 is 11.9 Å². The van der Waals surface area contributed by atoms with Crippen molar-refractivity contribution in [2.75, 3.05) is 20.8 Å². The van der Waals surface area contributed by atoms with Gasteiger partial charge in [-0.15, -0.1) is 0 Å². The van der Waals surface area contributed by atoms with Crippen LogP contribution < -0.4 is 5.32 Å². The summed E-state index contributed by atoms with van der Waals surface area (Å²) in [5.74, 6) is -0.358. The first-order valence-electron chi connectivity index (χ1n) is 11.4. The van der Waals surface area contributed by atoms with Gasteiger partial charge in [0.25, 0.3) is 0 Å². The Kier molecular flexibility index (Phi) is 7.72. The van der Waals surface area contributed by atoms with Gasteiger partial charge in [-0.25, -0.2) is 4.79 Å². The highest BCUT2D eigenvalue weighted by Gasteiger charge is 2.33. The van der Waals surface area contributed by atoms with E-state index in [1.54, 1.807) is 19.2 Å². The molecule has 34 heavy (non-hydrogen) atoms. The minimum absolute atomic E-state index is 0.0254. The van der Waals surface area contributed by atoms with Crippen molar-refractivity contribution in [2.45, 2.75) is 31.6 Å². The summed E-state index contributed by atoms with van der Waals surface area (Å²) in [5, 5.41) is 3.43. The van der Waals surface area contributed by atoms with Gasteiger partial charge in [-0.2, -0.15) is 0 Å². The number of amides is 1. The molecule has 0 saturated carbocycles. The van der Waals surface area contributed by atoms with E-state index in [9.17, 15) is 9.59 Å². The number of esters is 1. The maximum Gasteiger partial charge on any atom is 0.337 e. The quantitative estimate of drug-likeness (QED) is 0.519. The molecular formula is C28H30N2O4. The molecule has 1 amide bonds. The highest BCUT2D eigenvalue weighted by atomic mass is 16.5. The van der Waals surface area contributed by atoms with Gasteiger partial charge in [-0.05, 0) is 40.8 Å². The Balaban J connectivity index is 1.64. The molecule has 0 unspecified atom stereocenters.